The molecule has 1 aromatic heterocycles. The van der Waals surface area contributed by atoms with Gasteiger partial charge in [0.25, 0.3) is 0 Å². The van der Waals surface area contributed by atoms with Crippen molar-refractivity contribution in [3.8, 4) is 0 Å². The van der Waals surface area contributed by atoms with Gasteiger partial charge < -0.3 is 11.1 Å². The summed E-state index contributed by atoms with van der Waals surface area (Å²) in [6.07, 6.45) is 6.20. The van der Waals surface area contributed by atoms with E-state index in [1.54, 1.807) is 11.3 Å². The number of hydrogen-bond acceptors (Lipinski definition) is 3. The minimum Gasteiger partial charge on any atom is -0.353 e. The van der Waals surface area contributed by atoms with Crippen LogP contribution in [-0.2, 0) is 11.2 Å². The predicted octanol–water partition coefficient (Wildman–Crippen LogP) is 1.70. The van der Waals surface area contributed by atoms with Crippen molar-refractivity contribution >= 4 is 17.2 Å². The second-order valence-electron chi connectivity index (χ2n) is 3.44. The van der Waals surface area contributed by atoms with Crippen LogP contribution >= 0.6 is 11.3 Å². The van der Waals surface area contributed by atoms with Gasteiger partial charge in [-0.2, -0.15) is 0 Å². The topological polar surface area (TPSA) is 55.1 Å². The number of aryl methyl sites for hydroxylation is 1. The molecule has 3 N–H and O–H groups in total. The van der Waals surface area contributed by atoms with E-state index in [1.165, 1.54) is 4.88 Å². The van der Waals surface area contributed by atoms with Gasteiger partial charge in [0.2, 0.25) is 5.91 Å². The average Bonchev–Trinajstić information content (AvgIpc) is 2.77. The monoisotopic (exact) mass is 238 g/mol. The first-order chi connectivity index (χ1) is 7.83. The van der Waals surface area contributed by atoms with Crippen LogP contribution in [0.2, 0.25) is 0 Å². The van der Waals surface area contributed by atoms with Crippen LogP contribution in [0, 0.1) is 0 Å². The Morgan fingerprint density at radius 1 is 1.50 bits per heavy atom. The molecule has 0 radical (unpaired) electrons. The first-order valence-corrected chi connectivity index (χ1v) is 6.35. The molecule has 0 saturated carbocycles. The Kier molecular flexibility index (Phi) is 6.53. The molecular formula is C12H18N2OS. The lowest BCUT2D eigenvalue weighted by atomic mass is 10.2. The van der Waals surface area contributed by atoms with Gasteiger partial charge in [0, 0.05) is 24.4 Å². The van der Waals surface area contributed by atoms with Gasteiger partial charge in [-0.15, -0.1) is 11.3 Å². The van der Waals surface area contributed by atoms with E-state index in [0.717, 1.165) is 12.8 Å². The van der Waals surface area contributed by atoms with E-state index in [2.05, 4.69) is 16.8 Å². The van der Waals surface area contributed by atoms with Crippen molar-refractivity contribution in [2.75, 3.05) is 13.1 Å². The van der Waals surface area contributed by atoms with Crippen LogP contribution in [0.3, 0.4) is 0 Å². The number of carbonyl (C=O) groups excluding carboxylic acids is 1. The molecule has 0 aliphatic carbocycles. The molecule has 1 amide bonds. The summed E-state index contributed by atoms with van der Waals surface area (Å²) in [5.74, 6) is 0.109. The smallest absolute Gasteiger partial charge is 0.220 e. The fraction of sp³-hybridized carbons (Fsp3) is 0.417. The summed E-state index contributed by atoms with van der Waals surface area (Å²) in [6, 6.07) is 4.14. The van der Waals surface area contributed by atoms with Gasteiger partial charge in [-0.3, -0.25) is 4.79 Å². The van der Waals surface area contributed by atoms with Crippen molar-refractivity contribution in [1.29, 1.82) is 0 Å². The Morgan fingerprint density at radius 2 is 2.38 bits per heavy atom. The molecule has 0 aliphatic heterocycles. The Labute approximate surface area is 100 Å². The Hall–Kier alpha value is -1.13. The number of carbonyl (C=O) groups is 1. The molecule has 1 aromatic rings. The Balaban J connectivity index is 2.04. The van der Waals surface area contributed by atoms with Crippen molar-refractivity contribution in [3.63, 3.8) is 0 Å². The first kappa shape index (κ1) is 12.9. The van der Waals surface area contributed by atoms with Gasteiger partial charge in [0.1, 0.15) is 0 Å². The molecule has 0 fully saturated rings. The minimum atomic E-state index is 0.109. The van der Waals surface area contributed by atoms with Gasteiger partial charge in [0.15, 0.2) is 0 Å². The minimum absolute atomic E-state index is 0.109. The molecule has 0 saturated heterocycles. The summed E-state index contributed by atoms with van der Waals surface area (Å²) in [5, 5.41) is 4.88. The van der Waals surface area contributed by atoms with Crippen LogP contribution in [0.1, 0.15) is 17.7 Å². The number of rotatable bonds is 7. The highest BCUT2D eigenvalue weighted by molar-refractivity contribution is 7.09. The highest BCUT2D eigenvalue weighted by Gasteiger charge is 2.00. The van der Waals surface area contributed by atoms with E-state index >= 15 is 0 Å². The van der Waals surface area contributed by atoms with Crippen LogP contribution in [-0.4, -0.2) is 19.0 Å². The number of thiophene rings is 1. The van der Waals surface area contributed by atoms with E-state index < -0.39 is 0 Å². The lowest BCUT2D eigenvalue weighted by Crippen LogP contribution is -2.23. The van der Waals surface area contributed by atoms with Crippen molar-refractivity contribution in [1.82, 2.24) is 5.32 Å². The van der Waals surface area contributed by atoms with Crippen LogP contribution < -0.4 is 11.1 Å². The lowest BCUT2D eigenvalue weighted by Gasteiger charge is -2.01. The second-order valence-corrected chi connectivity index (χ2v) is 4.48. The zero-order valence-corrected chi connectivity index (χ0v) is 10.1. The third-order valence-corrected chi connectivity index (χ3v) is 3.06. The van der Waals surface area contributed by atoms with Crippen LogP contribution in [0.25, 0.3) is 0 Å². The summed E-state index contributed by atoms with van der Waals surface area (Å²) >= 11 is 1.74. The van der Waals surface area contributed by atoms with Crippen molar-refractivity contribution < 1.29 is 4.79 Å². The van der Waals surface area contributed by atoms with Gasteiger partial charge in [0.05, 0.1) is 0 Å². The van der Waals surface area contributed by atoms with E-state index in [-0.39, 0.29) is 5.91 Å². The van der Waals surface area contributed by atoms with E-state index in [1.807, 2.05) is 18.2 Å². The zero-order chi connectivity index (χ0) is 11.6. The summed E-state index contributed by atoms with van der Waals surface area (Å²) in [5.41, 5.74) is 5.28. The van der Waals surface area contributed by atoms with Crippen LogP contribution in [0.4, 0.5) is 0 Å². The second kappa shape index (κ2) is 8.07. The average molecular weight is 238 g/mol. The molecule has 1 heterocycles. The molecular weight excluding hydrogens is 220 g/mol. The first-order valence-electron chi connectivity index (χ1n) is 5.47. The molecule has 0 spiro atoms. The molecule has 16 heavy (non-hydrogen) atoms. The lowest BCUT2D eigenvalue weighted by molar-refractivity contribution is -0.120. The molecule has 0 aliphatic rings. The summed E-state index contributed by atoms with van der Waals surface area (Å²) in [6.45, 7) is 1.10. The fourth-order valence-corrected chi connectivity index (χ4v) is 2.07. The Morgan fingerprint density at radius 3 is 3.06 bits per heavy atom. The number of nitrogens with two attached hydrogens (primary N) is 1. The predicted molar refractivity (Wildman–Crippen MR) is 68.5 cm³/mol. The maximum Gasteiger partial charge on any atom is 0.220 e. The highest BCUT2D eigenvalue weighted by atomic mass is 32.1. The summed E-state index contributed by atoms with van der Waals surface area (Å²) in [7, 11) is 0. The maximum absolute atomic E-state index is 11.4. The third kappa shape index (κ3) is 5.68. The van der Waals surface area contributed by atoms with Gasteiger partial charge >= 0.3 is 0 Å². The van der Waals surface area contributed by atoms with Crippen LogP contribution in [0.15, 0.2) is 29.7 Å². The van der Waals surface area contributed by atoms with Gasteiger partial charge in [-0.25, -0.2) is 0 Å². The highest BCUT2D eigenvalue weighted by Crippen LogP contribution is 2.11. The van der Waals surface area contributed by atoms with Gasteiger partial charge in [-0.05, 0) is 24.3 Å². The van der Waals surface area contributed by atoms with Crippen LogP contribution in [0.5, 0.6) is 0 Å². The van der Waals surface area contributed by atoms with E-state index in [9.17, 15) is 4.79 Å². The van der Waals surface area contributed by atoms with E-state index in [0.29, 0.717) is 19.5 Å². The molecule has 0 atom stereocenters. The molecule has 1 rings (SSSR count). The SMILES string of the molecule is NC/C=C/CNC(=O)CCCc1cccs1. The largest absolute Gasteiger partial charge is 0.353 e. The molecule has 0 aromatic carbocycles. The molecule has 0 bridgehead atoms. The molecule has 88 valence electrons. The molecule has 4 heteroatoms. The standard InChI is InChI=1S/C12H18N2OS/c13-8-1-2-9-14-12(15)7-3-5-11-6-4-10-16-11/h1-2,4,6,10H,3,5,7-9,13H2,(H,14,15)/b2-1+. The number of amides is 1. The fourth-order valence-electron chi connectivity index (χ4n) is 1.32. The zero-order valence-electron chi connectivity index (χ0n) is 9.32. The number of nitrogens with one attached hydrogen (secondary N) is 1. The van der Waals surface area contributed by atoms with Crippen molar-refractivity contribution in [2.45, 2.75) is 19.3 Å². The van der Waals surface area contributed by atoms with E-state index in [4.69, 9.17) is 5.73 Å². The Bertz CT molecular complexity index is 320. The molecule has 0 unspecified atom stereocenters. The number of hydrogen-bond donors (Lipinski definition) is 2. The molecule has 3 nitrogen and oxygen atoms in total. The van der Waals surface area contributed by atoms with Crippen molar-refractivity contribution in [2.24, 2.45) is 5.73 Å². The quantitative estimate of drug-likeness (QED) is 0.710. The maximum atomic E-state index is 11.4. The van der Waals surface area contributed by atoms with Crippen molar-refractivity contribution in [3.05, 3.63) is 34.5 Å². The normalized spacial score (nSPS) is 10.8. The third-order valence-electron chi connectivity index (χ3n) is 2.13. The van der Waals surface area contributed by atoms with Gasteiger partial charge in [-0.1, -0.05) is 18.2 Å². The summed E-state index contributed by atoms with van der Waals surface area (Å²) < 4.78 is 0. The summed E-state index contributed by atoms with van der Waals surface area (Å²) in [4.78, 5) is 12.7.